The number of hydrogen-bond donors (Lipinski definition) is 2. The van der Waals surface area contributed by atoms with E-state index >= 15 is 0 Å². The van der Waals surface area contributed by atoms with E-state index in [1.807, 2.05) is 24.3 Å². The van der Waals surface area contributed by atoms with E-state index in [2.05, 4.69) is 15.4 Å². The number of H-pyrrole nitrogens is 1. The molecule has 0 aliphatic carbocycles. The molecule has 7 heteroatoms. The minimum absolute atomic E-state index is 0.179. The number of fused-ring (bicyclic) bond motifs is 1. The summed E-state index contributed by atoms with van der Waals surface area (Å²) >= 11 is 0. The van der Waals surface area contributed by atoms with Crippen LogP contribution < -0.4 is 4.74 Å². The van der Waals surface area contributed by atoms with Gasteiger partial charge in [-0.1, -0.05) is 12.1 Å². The van der Waals surface area contributed by atoms with Gasteiger partial charge in [0.2, 0.25) is 0 Å². The Kier molecular flexibility index (Phi) is 4.07. The first-order chi connectivity index (χ1) is 12.2. The Labute approximate surface area is 143 Å². The Hall–Kier alpha value is -2.93. The smallest absolute Gasteiger partial charge is 0.335 e. The highest BCUT2D eigenvalue weighted by molar-refractivity contribution is 5.99. The monoisotopic (exact) mass is 339 g/mol. The second kappa shape index (κ2) is 6.52. The third-order valence-electron chi connectivity index (χ3n) is 4.34. The zero-order valence-corrected chi connectivity index (χ0v) is 13.4. The SMILES string of the molecule is O=C(O)c1cc(-c2ccc(OCC3CCOC3)cc2)c2n[nH]nc2c1. The highest BCUT2D eigenvalue weighted by Crippen LogP contribution is 2.29. The van der Waals surface area contributed by atoms with Gasteiger partial charge in [0, 0.05) is 18.1 Å². The van der Waals surface area contributed by atoms with Crippen LogP contribution in [0, 0.1) is 5.92 Å². The lowest BCUT2D eigenvalue weighted by Gasteiger charge is -2.11. The number of aromatic carboxylic acids is 1. The minimum atomic E-state index is -0.995. The van der Waals surface area contributed by atoms with Crippen LogP contribution in [0.3, 0.4) is 0 Å². The number of carbonyl (C=O) groups is 1. The molecule has 1 atom stereocenters. The molecule has 4 rings (SSSR count). The van der Waals surface area contributed by atoms with Crippen LogP contribution in [0.5, 0.6) is 5.75 Å². The quantitative estimate of drug-likeness (QED) is 0.742. The van der Waals surface area contributed by atoms with Crippen molar-refractivity contribution in [3.8, 4) is 16.9 Å². The van der Waals surface area contributed by atoms with E-state index in [9.17, 15) is 9.90 Å². The second-order valence-corrected chi connectivity index (χ2v) is 6.09. The standard InChI is InChI=1S/C18H17N3O4/c22-18(23)13-7-15(17-16(8-13)19-21-20-17)12-1-3-14(4-2-12)25-10-11-5-6-24-9-11/h1-4,7-8,11H,5-6,9-10H2,(H,22,23)(H,19,20,21). The molecule has 2 heterocycles. The molecule has 1 aliphatic heterocycles. The number of ether oxygens (including phenoxy) is 2. The molecule has 0 spiro atoms. The lowest BCUT2D eigenvalue weighted by atomic mass is 10.0. The lowest BCUT2D eigenvalue weighted by Crippen LogP contribution is -2.11. The molecule has 128 valence electrons. The molecular formula is C18H17N3O4. The van der Waals surface area contributed by atoms with Crippen LogP contribution in [0.4, 0.5) is 0 Å². The summed E-state index contributed by atoms with van der Waals surface area (Å²) in [6.07, 6.45) is 1.03. The first kappa shape index (κ1) is 15.6. The van der Waals surface area contributed by atoms with E-state index in [0.717, 1.165) is 36.5 Å². The number of aromatic amines is 1. The van der Waals surface area contributed by atoms with Crippen molar-refractivity contribution in [2.75, 3.05) is 19.8 Å². The maximum Gasteiger partial charge on any atom is 0.335 e. The van der Waals surface area contributed by atoms with Gasteiger partial charge in [-0.3, -0.25) is 0 Å². The number of carboxylic acids is 1. The first-order valence-electron chi connectivity index (χ1n) is 8.09. The molecule has 25 heavy (non-hydrogen) atoms. The third-order valence-corrected chi connectivity index (χ3v) is 4.34. The molecule has 0 radical (unpaired) electrons. The van der Waals surface area contributed by atoms with Gasteiger partial charge in [-0.15, -0.1) is 0 Å². The van der Waals surface area contributed by atoms with Crippen molar-refractivity contribution < 1.29 is 19.4 Å². The van der Waals surface area contributed by atoms with Gasteiger partial charge in [-0.05, 0) is 36.2 Å². The predicted octanol–water partition coefficient (Wildman–Crippen LogP) is 2.74. The summed E-state index contributed by atoms with van der Waals surface area (Å²) in [5.41, 5.74) is 2.93. The minimum Gasteiger partial charge on any atom is -0.493 e. The van der Waals surface area contributed by atoms with Crippen LogP contribution >= 0.6 is 0 Å². The molecule has 2 N–H and O–H groups in total. The molecule has 1 fully saturated rings. The molecular weight excluding hydrogens is 322 g/mol. The maximum atomic E-state index is 11.3. The first-order valence-corrected chi connectivity index (χ1v) is 8.09. The van der Waals surface area contributed by atoms with Gasteiger partial charge in [0.25, 0.3) is 0 Å². The van der Waals surface area contributed by atoms with Gasteiger partial charge >= 0.3 is 5.97 Å². The Morgan fingerprint density at radius 3 is 2.84 bits per heavy atom. The molecule has 2 aromatic carbocycles. The molecule has 3 aromatic rings. The predicted molar refractivity (Wildman–Crippen MR) is 90.7 cm³/mol. The van der Waals surface area contributed by atoms with Crippen LogP contribution in [0.25, 0.3) is 22.2 Å². The highest BCUT2D eigenvalue weighted by atomic mass is 16.5. The molecule has 1 unspecified atom stereocenters. The molecule has 7 nitrogen and oxygen atoms in total. The molecule has 0 amide bonds. The summed E-state index contributed by atoms with van der Waals surface area (Å²) in [5.74, 6) is 0.230. The van der Waals surface area contributed by atoms with Crippen LogP contribution in [-0.4, -0.2) is 46.3 Å². The Bertz CT molecular complexity index is 898. The molecule has 0 bridgehead atoms. The van der Waals surface area contributed by atoms with Crippen molar-refractivity contribution in [1.29, 1.82) is 0 Å². The van der Waals surface area contributed by atoms with Gasteiger partial charge in [0.15, 0.2) is 0 Å². The van der Waals surface area contributed by atoms with Crippen LogP contribution in [0.2, 0.25) is 0 Å². The largest absolute Gasteiger partial charge is 0.493 e. The lowest BCUT2D eigenvalue weighted by molar-refractivity contribution is 0.0697. The summed E-state index contributed by atoms with van der Waals surface area (Å²) in [6, 6.07) is 10.7. The van der Waals surface area contributed by atoms with Gasteiger partial charge < -0.3 is 14.6 Å². The summed E-state index contributed by atoms with van der Waals surface area (Å²) in [7, 11) is 0. The van der Waals surface area contributed by atoms with Crippen LogP contribution in [0.15, 0.2) is 36.4 Å². The normalized spacial score (nSPS) is 17.0. The van der Waals surface area contributed by atoms with Gasteiger partial charge in [-0.2, -0.15) is 15.4 Å². The van der Waals surface area contributed by atoms with Crippen LogP contribution in [-0.2, 0) is 4.74 Å². The van der Waals surface area contributed by atoms with Crippen LogP contribution in [0.1, 0.15) is 16.8 Å². The van der Waals surface area contributed by atoms with Crippen molar-refractivity contribution in [2.24, 2.45) is 5.92 Å². The van der Waals surface area contributed by atoms with Crippen molar-refractivity contribution in [2.45, 2.75) is 6.42 Å². The Balaban J connectivity index is 1.60. The van der Waals surface area contributed by atoms with Gasteiger partial charge in [0.1, 0.15) is 16.8 Å². The highest BCUT2D eigenvalue weighted by Gasteiger charge is 2.17. The summed E-state index contributed by atoms with van der Waals surface area (Å²) in [4.78, 5) is 11.3. The van der Waals surface area contributed by atoms with E-state index in [1.165, 1.54) is 6.07 Å². The second-order valence-electron chi connectivity index (χ2n) is 6.09. The molecule has 1 aliphatic rings. The summed E-state index contributed by atoms with van der Waals surface area (Å²) in [6.45, 7) is 2.20. The van der Waals surface area contributed by atoms with Crippen molar-refractivity contribution in [1.82, 2.24) is 15.4 Å². The molecule has 0 saturated carbocycles. The third kappa shape index (κ3) is 3.18. The number of hydrogen-bond acceptors (Lipinski definition) is 5. The van der Waals surface area contributed by atoms with E-state index in [0.29, 0.717) is 23.6 Å². The number of nitrogens with zero attached hydrogens (tertiary/aromatic N) is 2. The fraction of sp³-hybridized carbons (Fsp3) is 0.278. The summed E-state index contributed by atoms with van der Waals surface area (Å²) < 4.78 is 11.1. The maximum absolute atomic E-state index is 11.3. The van der Waals surface area contributed by atoms with E-state index in [1.54, 1.807) is 6.07 Å². The summed E-state index contributed by atoms with van der Waals surface area (Å²) in [5, 5.41) is 20.0. The number of benzene rings is 2. The number of nitrogens with one attached hydrogen (secondary N) is 1. The van der Waals surface area contributed by atoms with E-state index in [4.69, 9.17) is 9.47 Å². The van der Waals surface area contributed by atoms with Crippen molar-refractivity contribution in [3.63, 3.8) is 0 Å². The number of rotatable bonds is 5. The average molecular weight is 339 g/mol. The zero-order chi connectivity index (χ0) is 17.2. The number of aromatic nitrogens is 3. The topological polar surface area (TPSA) is 97.3 Å². The van der Waals surface area contributed by atoms with Crippen molar-refractivity contribution in [3.05, 3.63) is 42.0 Å². The fourth-order valence-corrected chi connectivity index (χ4v) is 2.95. The van der Waals surface area contributed by atoms with Crippen molar-refractivity contribution >= 4 is 17.0 Å². The van der Waals surface area contributed by atoms with Gasteiger partial charge in [-0.25, -0.2) is 4.79 Å². The fourth-order valence-electron chi connectivity index (χ4n) is 2.95. The van der Waals surface area contributed by atoms with Gasteiger partial charge in [0.05, 0.1) is 18.8 Å². The molecule has 1 aromatic heterocycles. The Morgan fingerprint density at radius 1 is 1.28 bits per heavy atom. The molecule has 1 saturated heterocycles. The van der Waals surface area contributed by atoms with E-state index < -0.39 is 5.97 Å². The average Bonchev–Trinajstić information content (AvgIpc) is 3.31. The van der Waals surface area contributed by atoms with E-state index in [-0.39, 0.29) is 5.56 Å². The Morgan fingerprint density at radius 2 is 2.12 bits per heavy atom. The number of carboxylic acid groups (broad SMARTS) is 1. The zero-order valence-electron chi connectivity index (χ0n) is 13.4.